The minimum atomic E-state index is -1.99. The topological polar surface area (TPSA) is 76.1 Å². The molecule has 36 heavy (non-hydrogen) atoms. The number of anilines is 1. The van der Waals surface area contributed by atoms with Gasteiger partial charge in [-0.05, 0) is 65.9 Å². The molecule has 1 aliphatic rings. The number of Topliss-reactive ketones (excluding diaryl/α,β-unsaturated/α-hetero) is 1. The number of amides is 1. The van der Waals surface area contributed by atoms with Crippen molar-refractivity contribution in [2.45, 2.75) is 45.3 Å². The average molecular weight is 552 g/mol. The second kappa shape index (κ2) is 10.1. The third kappa shape index (κ3) is 4.65. The molecule has 188 valence electrons. The fourth-order valence-electron chi connectivity index (χ4n) is 4.59. The number of halogens is 1. The fraction of sp³-hybridized carbons (Fsp3) is 0.310. The summed E-state index contributed by atoms with van der Waals surface area (Å²) in [7, 11) is 3.00. The molecule has 0 aliphatic carbocycles. The maximum absolute atomic E-state index is 13.8. The van der Waals surface area contributed by atoms with E-state index in [1.165, 1.54) is 19.8 Å². The number of ketones is 1. The molecule has 0 saturated carbocycles. The molecule has 1 aliphatic heterocycles. The van der Waals surface area contributed by atoms with E-state index in [-0.39, 0.29) is 5.78 Å². The maximum atomic E-state index is 13.8. The van der Waals surface area contributed by atoms with Crippen LogP contribution in [0.4, 0.5) is 5.69 Å². The van der Waals surface area contributed by atoms with E-state index in [0.29, 0.717) is 45.2 Å². The summed E-state index contributed by atoms with van der Waals surface area (Å²) in [6.07, 6.45) is -0.397. The smallest absolute Gasteiger partial charge is 0.264 e. The number of hydrogen-bond acceptors (Lipinski definition) is 5. The number of benzene rings is 3. The third-order valence-corrected chi connectivity index (χ3v) is 7.28. The van der Waals surface area contributed by atoms with Crippen LogP contribution in [0.5, 0.6) is 11.5 Å². The predicted molar refractivity (Wildman–Crippen MR) is 143 cm³/mol. The molecule has 1 N–H and O–H groups in total. The van der Waals surface area contributed by atoms with Crippen LogP contribution in [0.15, 0.2) is 59.1 Å². The Morgan fingerprint density at radius 3 is 2.42 bits per heavy atom. The van der Waals surface area contributed by atoms with Gasteiger partial charge < -0.3 is 19.5 Å². The number of methoxy groups -OCH3 is 2. The summed E-state index contributed by atoms with van der Waals surface area (Å²) < 4.78 is 11.3. The van der Waals surface area contributed by atoms with Gasteiger partial charge in [0.2, 0.25) is 0 Å². The molecule has 0 fully saturated rings. The monoisotopic (exact) mass is 551 g/mol. The van der Waals surface area contributed by atoms with Crippen molar-refractivity contribution in [3.8, 4) is 11.5 Å². The van der Waals surface area contributed by atoms with Crippen LogP contribution in [-0.4, -0.2) is 31.0 Å². The van der Waals surface area contributed by atoms with Gasteiger partial charge in [0.05, 0.1) is 32.9 Å². The normalized spacial score (nSPS) is 16.9. The number of aliphatic hydroxyl groups is 1. The van der Waals surface area contributed by atoms with Crippen molar-refractivity contribution in [3.05, 3.63) is 86.9 Å². The summed E-state index contributed by atoms with van der Waals surface area (Å²) in [6, 6.07) is 16.4. The van der Waals surface area contributed by atoms with Crippen LogP contribution < -0.4 is 14.4 Å². The van der Waals surface area contributed by atoms with Gasteiger partial charge >= 0.3 is 0 Å². The zero-order valence-corrected chi connectivity index (χ0v) is 22.7. The molecular formula is C29H30BrNO5. The lowest BCUT2D eigenvalue weighted by Crippen LogP contribution is -2.41. The lowest BCUT2D eigenvalue weighted by molar-refractivity contribution is -0.136. The third-order valence-electron chi connectivity index (χ3n) is 6.78. The first kappa shape index (κ1) is 25.9. The molecule has 3 aromatic carbocycles. The highest BCUT2D eigenvalue weighted by Gasteiger charge is 2.51. The van der Waals surface area contributed by atoms with Crippen molar-refractivity contribution in [2.75, 3.05) is 19.1 Å². The second-order valence-corrected chi connectivity index (χ2v) is 10.3. The minimum Gasteiger partial charge on any atom is -0.493 e. The molecule has 1 heterocycles. The summed E-state index contributed by atoms with van der Waals surface area (Å²) in [5.41, 5.74) is 2.57. The summed E-state index contributed by atoms with van der Waals surface area (Å²) in [5, 5.41) is 11.8. The molecule has 1 unspecified atom stereocenters. The number of fused-ring (bicyclic) bond motifs is 1. The summed E-state index contributed by atoms with van der Waals surface area (Å²) in [6.45, 7) is 6.56. The molecule has 0 spiro atoms. The average Bonchev–Trinajstić information content (AvgIpc) is 3.05. The van der Waals surface area contributed by atoms with E-state index in [0.717, 1.165) is 11.1 Å². The Kier molecular flexibility index (Phi) is 7.25. The SMILES string of the molecule is COc1ccc(C(=O)CC2(O)C(=O)N(Cc3cc(C(C)C)ccc3C)c3ccc(Br)cc32)cc1OC. The van der Waals surface area contributed by atoms with Gasteiger partial charge in [0.25, 0.3) is 5.91 Å². The summed E-state index contributed by atoms with van der Waals surface area (Å²) in [4.78, 5) is 28.7. The fourth-order valence-corrected chi connectivity index (χ4v) is 4.95. The van der Waals surface area contributed by atoms with E-state index in [1.807, 2.05) is 13.0 Å². The van der Waals surface area contributed by atoms with Crippen LogP contribution >= 0.6 is 15.9 Å². The van der Waals surface area contributed by atoms with Crippen LogP contribution in [0.25, 0.3) is 0 Å². The van der Waals surface area contributed by atoms with Crippen molar-refractivity contribution in [2.24, 2.45) is 0 Å². The van der Waals surface area contributed by atoms with Gasteiger partial charge in [-0.15, -0.1) is 0 Å². The molecule has 0 radical (unpaired) electrons. The van der Waals surface area contributed by atoms with E-state index >= 15 is 0 Å². The molecule has 1 amide bonds. The molecule has 4 rings (SSSR count). The molecule has 0 saturated heterocycles. The van der Waals surface area contributed by atoms with Crippen LogP contribution in [-0.2, 0) is 16.9 Å². The van der Waals surface area contributed by atoms with E-state index in [4.69, 9.17) is 9.47 Å². The first-order valence-corrected chi connectivity index (χ1v) is 12.6. The lowest BCUT2D eigenvalue weighted by Gasteiger charge is -2.24. The first-order chi connectivity index (χ1) is 17.1. The summed E-state index contributed by atoms with van der Waals surface area (Å²) in [5.74, 6) is 0.344. The van der Waals surface area contributed by atoms with Gasteiger partial charge in [0.1, 0.15) is 0 Å². The van der Waals surface area contributed by atoms with Crippen molar-refractivity contribution >= 4 is 33.3 Å². The Hall–Kier alpha value is -3.16. The molecular weight excluding hydrogens is 522 g/mol. The van der Waals surface area contributed by atoms with Crippen molar-refractivity contribution in [3.63, 3.8) is 0 Å². The highest BCUT2D eigenvalue weighted by atomic mass is 79.9. The largest absolute Gasteiger partial charge is 0.493 e. The number of ether oxygens (including phenoxy) is 2. The Labute approximate surface area is 220 Å². The Balaban J connectivity index is 1.71. The number of rotatable bonds is 8. The van der Waals surface area contributed by atoms with E-state index < -0.39 is 17.9 Å². The van der Waals surface area contributed by atoms with E-state index in [1.54, 1.807) is 35.2 Å². The van der Waals surface area contributed by atoms with E-state index in [2.05, 4.69) is 48.0 Å². The van der Waals surface area contributed by atoms with Gasteiger partial charge in [-0.3, -0.25) is 9.59 Å². The van der Waals surface area contributed by atoms with Gasteiger partial charge in [0.15, 0.2) is 22.9 Å². The Morgan fingerprint density at radius 2 is 1.75 bits per heavy atom. The molecule has 0 bridgehead atoms. The van der Waals surface area contributed by atoms with Gasteiger partial charge in [-0.25, -0.2) is 0 Å². The standard InChI is InChI=1S/C29H30BrNO5/c1-17(2)19-7-6-18(3)21(12-19)16-31-24-10-9-22(30)14-23(24)29(34,28(31)33)15-25(32)20-8-11-26(35-4)27(13-20)36-5/h6-14,17,34H,15-16H2,1-5H3. The second-order valence-electron chi connectivity index (χ2n) is 9.42. The summed E-state index contributed by atoms with van der Waals surface area (Å²) >= 11 is 3.45. The van der Waals surface area contributed by atoms with Gasteiger partial charge in [-0.1, -0.05) is 48.0 Å². The number of aryl methyl sites for hydroxylation is 1. The van der Waals surface area contributed by atoms with E-state index in [9.17, 15) is 14.7 Å². The molecule has 1 atom stereocenters. The number of nitrogens with zero attached hydrogens (tertiary/aromatic N) is 1. The predicted octanol–water partition coefficient (Wildman–Crippen LogP) is 5.91. The maximum Gasteiger partial charge on any atom is 0.264 e. The lowest BCUT2D eigenvalue weighted by atomic mass is 9.88. The number of carbonyl (C=O) groups excluding carboxylic acids is 2. The number of carbonyl (C=O) groups is 2. The highest BCUT2D eigenvalue weighted by Crippen LogP contribution is 2.45. The molecule has 6 nitrogen and oxygen atoms in total. The zero-order chi connectivity index (χ0) is 26.2. The van der Waals surface area contributed by atoms with Gasteiger partial charge in [0, 0.05) is 15.6 Å². The first-order valence-electron chi connectivity index (χ1n) is 11.8. The van der Waals surface area contributed by atoms with Crippen LogP contribution in [0.1, 0.15) is 58.8 Å². The van der Waals surface area contributed by atoms with Crippen LogP contribution in [0.3, 0.4) is 0 Å². The Bertz CT molecular complexity index is 1340. The quantitative estimate of drug-likeness (QED) is 0.352. The highest BCUT2D eigenvalue weighted by molar-refractivity contribution is 9.10. The van der Waals surface area contributed by atoms with Crippen molar-refractivity contribution in [1.29, 1.82) is 0 Å². The van der Waals surface area contributed by atoms with Crippen molar-refractivity contribution in [1.82, 2.24) is 0 Å². The molecule has 7 heteroatoms. The van der Waals surface area contributed by atoms with Gasteiger partial charge in [-0.2, -0.15) is 0 Å². The molecule has 3 aromatic rings. The van der Waals surface area contributed by atoms with Crippen molar-refractivity contribution < 1.29 is 24.2 Å². The van der Waals surface area contributed by atoms with Crippen LogP contribution in [0, 0.1) is 6.92 Å². The molecule has 0 aromatic heterocycles. The Morgan fingerprint density at radius 1 is 1.03 bits per heavy atom. The minimum absolute atomic E-state index is 0.298. The van der Waals surface area contributed by atoms with Crippen LogP contribution in [0.2, 0.25) is 0 Å². The zero-order valence-electron chi connectivity index (χ0n) is 21.1. The number of hydrogen-bond donors (Lipinski definition) is 1.